The van der Waals surface area contributed by atoms with E-state index in [9.17, 15) is 26.3 Å². The lowest BCUT2D eigenvalue weighted by molar-refractivity contribution is -0.376. The smallest absolute Gasteiger partial charge is 0.344 e. The number of halogens is 6. The van der Waals surface area contributed by atoms with Crippen LogP contribution < -0.4 is 5.32 Å². The van der Waals surface area contributed by atoms with Gasteiger partial charge in [0, 0.05) is 6.54 Å². The third kappa shape index (κ3) is 1.48. The first kappa shape index (κ1) is 10.6. The summed E-state index contributed by atoms with van der Waals surface area (Å²) in [5, 5.41) is 1.28. The third-order valence-corrected chi connectivity index (χ3v) is 1.59. The molecule has 0 radical (unpaired) electrons. The topological polar surface area (TPSA) is 21.3 Å². The molecule has 13 heavy (non-hydrogen) atoms. The average molecular weight is 209 g/mol. The Morgan fingerprint density at radius 2 is 1.46 bits per heavy atom. The second-order valence-electron chi connectivity index (χ2n) is 2.45. The Bertz CT molecular complexity index is 174. The maximum Gasteiger partial charge on any atom is 0.440 e. The van der Waals surface area contributed by atoms with Gasteiger partial charge in [-0.3, -0.25) is 5.32 Å². The zero-order valence-electron chi connectivity index (χ0n) is 6.09. The minimum Gasteiger partial charge on any atom is -0.344 e. The van der Waals surface area contributed by atoms with Crippen LogP contribution in [0.4, 0.5) is 26.3 Å². The number of rotatable bonds is 0. The fourth-order valence-electron chi connectivity index (χ4n) is 1.01. The van der Waals surface area contributed by atoms with Crippen LogP contribution in [0, 0.1) is 0 Å². The van der Waals surface area contributed by atoms with Crippen molar-refractivity contribution in [3.05, 3.63) is 0 Å². The molecular formula is C5H5F6NO. The van der Waals surface area contributed by atoms with Crippen LogP contribution in [0.2, 0.25) is 0 Å². The third-order valence-electron chi connectivity index (χ3n) is 1.59. The monoisotopic (exact) mass is 209 g/mol. The quantitative estimate of drug-likeness (QED) is 0.609. The van der Waals surface area contributed by atoms with Gasteiger partial charge < -0.3 is 4.74 Å². The van der Waals surface area contributed by atoms with Crippen LogP contribution in [0.15, 0.2) is 0 Å². The highest BCUT2D eigenvalue weighted by Gasteiger charge is 2.74. The van der Waals surface area contributed by atoms with Gasteiger partial charge in [-0.2, -0.15) is 26.3 Å². The molecular weight excluding hydrogens is 204 g/mol. The van der Waals surface area contributed by atoms with E-state index in [1.54, 1.807) is 0 Å². The predicted molar refractivity (Wildman–Crippen MR) is 28.8 cm³/mol. The van der Waals surface area contributed by atoms with E-state index >= 15 is 0 Å². The van der Waals surface area contributed by atoms with Crippen LogP contribution in [0.25, 0.3) is 0 Å². The molecule has 0 atom stereocenters. The van der Waals surface area contributed by atoms with Crippen LogP contribution in [-0.4, -0.2) is 31.2 Å². The minimum absolute atomic E-state index is 0.473. The van der Waals surface area contributed by atoms with Crippen molar-refractivity contribution in [2.45, 2.75) is 18.1 Å². The van der Waals surface area contributed by atoms with Crippen LogP contribution in [-0.2, 0) is 4.74 Å². The molecule has 1 N–H and O–H groups in total. The van der Waals surface area contributed by atoms with Gasteiger partial charge in [0.15, 0.2) is 0 Å². The highest BCUT2D eigenvalue weighted by molar-refractivity contribution is 4.96. The summed E-state index contributed by atoms with van der Waals surface area (Å²) in [5.74, 6) is 0. The highest BCUT2D eigenvalue weighted by Crippen LogP contribution is 2.45. The predicted octanol–water partition coefficient (Wildman–Crippen LogP) is 1.43. The van der Waals surface area contributed by atoms with E-state index in [2.05, 4.69) is 4.74 Å². The average Bonchev–Trinajstić information content (AvgIpc) is 2.28. The van der Waals surface area contributed by atoms with Crippen molar-refractivity contribution in [3.8, 4) is 0 Å². The van der Waals surface area contributed by atoms with Gasteiger partial charge in [-0.1, -0.05) is 0 Å². The molecule has 1 aliphatic heterocycles. The molecule has 0 amide bonds. The van der Waals surface area contributed by atoms with Crippen LogP contribution >= 0.6 is 0 Å². The van der Waals surface area contributed by atoms with E-state index in [-0.39, 0.29) is 0 Å². The van der Waals surface area contributed by atoms with Crippen molar-refractivity contribution >= 4 is 0 Å². The van der Waals surface area contributed by atoms with Crippen molar-refractivity contribution in [2.24, 2.45) is 0 Å². The van der Waals surface area contributed by atoms with Gasteiger partial charge in [0.2, 0.25) is 0 Å². The largest absolute Gasteiger partial charge is 0.440 e. The van der Waals surface area contributed by atoms with E-state index < -0.39 is 31.2 Å². The first-order valence-corrected chi connectivity index (χ1v) is 3.23. The zero-order chi connectivity index (χ0) is 10.3. The van der Waals surface area contributed by atoms with Gasteiger partial charge in [0.05, 0.1) is 6.61 Å². The molecule has 0 aromatic rings. The standard InChI is InChI=1S/C5H5F6NO/c6-4(7,8)3(5(9,10)11)12-1-2-13-3/h12H,1-2H2. The molecule has 0 saturated carbocycles. The Morgan fingerprint density at radius 3 is 1.62 bits per heavy atom. The minimum atomic E-state index is -5.50. The summed E-state index contributed by atoms with van der Waals surface area (Å²) < 4.78 is 75.7. The molecule has 2 nitrogen and oxygen atoms in total. The fourth-order valence-corrected chi connectivity index (χ4v) is 1.01. The van der Waals surface area contributed by atoms with Crippen LogP contribution in [0.3, 0.4) is 0 Å². The lowest BCUT2D eigenvalue weighted by Gasteiger charge is -2.32. The molecule has 0 bridgehead atoms. The molecule has 8 heteroatoms. The fraction of sp³-hybridized carbons (Fsp3) is 1.00. The van der Waals surface area contributed by atoms with Crippen LogP contribution in [0.1, 0.15) is 0 Å². The highest BCUT2D eigenvalue weighted by atomic mass is 19.4. The van der Waals surface area contributed by atoms with E-state index in [0.29, 0.717) is 0 Å². The lowest BCUT2D eigenvalue weighted by Crippen LogP contribution is -2.64. The molecule has 0 aromatic heterocycles. The Hall–Kier alpha value is -0.500. The lowest BCUT2D eigenvalue weighted by atomic mass is 10.2. The summed E-state index contributed by atoms with van der Waals surface area (Å²) in [6.45, 7) is -1.09. The van der Waals surface area contributed by atoms with E-state index in [4.69, 9.17) is 0 Å². The Kier molecular flexibility index (Phi) is 2.23. The number of alkyl halides is 6. The number of hydrogen-bond acceptors (Lipinski definition) is 2. The summed E-state index contributed by atoms with van der Waals surface area (Å²) in [6, 6.07) is 0. The van der Waals surface area contributed by atoms with E-state index in [0.717, 1.165) is 0 Å². The summed E-state index contributed by atoms with van der Waals surface area (Å²) >= 11 is 0. The van der Waals surface area contributed by atoms with Gasteiger partial charge >= 0.3 is 18.1 Å². The first-order valence-electron chi connectivity index (χ1n) is 3.23. The molecule has 1 rings (SSSR count). The van der Waals surface area contributed by atoms with Gasteiger partial charge in [-0.25, -0.2) is 0 Å². The summed E-state index contributed by atoms with van der Waals surface area (Å²) in [4.78, 5) is 0. The SMILES string of the molecule is FC(F)(F)C1(C(F)(F)F)NCCO1. The molecule has 0 aliphatic carbocycles. The molecule has 1 aliphatic rings. The molecule has 0 unspecified atom stereocenters. The number of ether oxygens (including phenoxy) is 1. The van der Waals surface area contributed by atoms with Gasteiger partial charge in [-0.05, 0) is 0 Å². The van der Waals surface area contributed by atoms with Gasteiger partial charge in [0.1, 0.15) is 0 Å². The van der Waals surface area contributed by atoms with E-state index in [1.807, 2.05) is 0 Å². The normalized spacial score (nSPS) is 23.5. The molecule has 1 fully saturated rings. The van der Waals surface area contributed by atoms with Crippen molar-refractivity contribution < 1.29 is 31.1 Å². The Labute approximate surface area is 68.8 Å². The molecule has 78 valence electrons. The summed E-state index contributed by atoms with van der Waals surface area (Å²) in [6.07, 6.45) is -11.0. The summed E-state index contributed by atoms with van der Waals surface area (Å²) in [5.41, 5.74) is -4.18. The molecule has 1 saturated heterocycles. The van der Waals surface area contributed by atoms with Crippen LogP contribution in [0.5, 0.6) is 0 Å². The van der Waals surface area contributed by atoms with Crippen molar-refractivity contribution in [3.63, 3.8) is 0 Å². The summed E-state index contributed by atoms with van der Waals surface area (Å²) in [7, 11) is 0. The van der Waals surface area contributed by atoms with Crippen molar-refractivity contribution in [1.82, 2.24) is 5.32 Å². The molecule has 0 spiro atoms. The Balaban J connectivity index is 3.02. The van der Waals surface area contributed by atoms with Gasteiger partial charge in [0.25, 0.3) is 0 Å². The Morgan fingerprint density at radius 1 is 1.00 bits per heavy atom. The molecule has 1 heterocycles. The van der Waals surface area contributed by atoms with E-state index in [1.165, 1.54) is 5.32 Å². The number of hydrogen-bond donors (Lipinski definition) is 1. The van der Waals surface area contributed by atoms with Crippen molar-refractivity contribution in [2.75, 3.05) is 13.2 Å². The maximum atomic E-state index is 12.0. The molecule has 0 aromatic carbocycles. The maximum absolute atomic E-state index is 12.0. The number of nitrogens with one attached hydrogen (secondary N) is 1. The first-order chi connectivity index (χ1) is 5.71. The second-order valence-corrected chi connectivity index (χ2v) is 2.45. The second kappa shape index (κ2) is 2.74. The van der Waals surface area contributed by atoms with Gasteiger partial charge in [-0.15, -0.1) is 0 Å². The zero-order valence-corrected chi connectivity index (χ0v) is 6.09. The van der Waals surface area contributed by atoms with Crippen molar-refractivity contribution in [1.29, 1.82) is 0 Å².